The Labute approximate surface area is 99.7 Å². The van der Waals surface area contributed by atoms with Crippen LogP contribution in [0.4, 0.5) is 4.39 Å². The topological polar surface area (TPSA) is 37.8 Å². The quantitative estimate of drug-likeness (QED) is 0.880. The van der Waals surface area contributed by atoms with Crippen molar-refractivity contribution in [3.8, 4) is 11.4 Å². The number of benzene rings is 1. The van der Waals surface area contributed by atoms with E-state index in [2.05, 4.69) is 15.3 Å². The first kappa shape index (κ1) is 11.7. The Morgan fingerprint density at radius 2 is 1.88 bits per heavy atom. The summed E-state index contributed by atoms with van der Waals surface area (Å²) in [6, 6.07) is 8.14. The van der Waals surface area contributed by atoms with E-state index in [1.54, 1.807) is 12.1 Å². The van der Waals surface area contributed by atoms with E-state index in [9.17, 15) is 4.39 Å². The maximum Gasteiger partial charge on any atom is 0.159 e. The van der Waals surface area contributed by atoms with E-state index in [0.717, 1.165) is 17.0 Å². The summed E-state index contributed by atoms with van der Waals surface area (Å²) in [6.07, 6.45) is 0. The third-order valence-corrected chi connectivity index (χ3v) is 2.37. The van der Waals surface area contributed by atoms with Gasteiger partial charge in [-0.1, -0.05) is 0 Å². The van der Waals surface area contributed by atoms with Gasteiger partial charge in [0.1, 0.15) is 5.82 Å². The maximum atomic E-state index is 12.8. The molecule has 0 unspecified atom stereocenters. The highest BCUT2D eigenvalue weighted by Crippen LogP contribution is 2.16. The minimum atomic E-state index is -0.253. The number of hydrogen-bond donors (Lipinski definition) is 1. The van der Waals surface area contributed by atoms with Gasteiger partial charge < -0.3 is 5.32 Å². The Kier molecular flexibility index (Phi) is 3.44. The molecule has 0 saturated carbocycles. The van der Waals surface area contributed by atoms with Gasteiger partial charge >= 0.3 is 0 Å². The van der Waals surface area contributed by atoms with Crippen LogP contribution in [0, 0.1) is 12.7 Å². The van der Waals surface area contributed by atoms with Gasteiger partial charge in [0, 0.05) is 17.8 Å². The van der Waals surface area contributed by atoms with E-state index in [1.165, 1.54) is 12.1 Å². The van der Waals surface area contributed by atoms with Crippen LogP contribution in [0.3, 0.4) is 0 Å². The van der Waals surface area contributed by atoms with Gasteiger partial charge in [0.15, 0.2) is 5.82 Å². The van der Waals surface area contributed by atoms with Crippen molar-refractivity contribution in [2.45, 2.75) is 13.5 Å². The first-order chi connectivity index (χ1) is 8.19. The number of nitrogens with one attached hydrogen (secondary N) is 1. The summed E-state index contributed by atoms with van der Waals surface area (Å²) in [5.41, 5.74) is 2.66. The lowest BCUT2D eigenvalue weighted by molar-refractivity contribution is 0.628. The van der Waals surface area contributed by atoms with E-state index in [4.69, 9.17) is 0 Å². The van der Waals surface area contributed by atoms with Crippen LogP contribution >= 0.6 is 0 Å². The molecule has 0 aliphatic rings. The lowest BCUT2D eigenvalue weighted by atomic mass is 10.2. The fourth-order valence-electron chi connectivity index (χ4n) is 1.63. The normalized spacial score (nSPS) is 10.5. The van der Waals surface area contributed by atoms with Gasteiger partial charge in [-0.15, -0.1) is 0 Å². The minimum Gasteiger partial charge on any atom is -0.314 e. The molecule has 0 radical (unpaired) electrons. The van der Waals surface area contributed by atoms with E-state index in [-0.39, 0.29) is 5.82 Å². The molecule has 1 heterocycles. The number of rotatable bonds is 3. The third kappa shape index (κ3) is 2.85. The van der Waals surface area contributed by atoms with Crippen LogP contribution in [0.2, 0.25) is 0 Å². The SMILES string of the molecule is CNCc1cc(C)nc(-c2ccc(F)cc2)n1. The number of hydrogen-bond acceptors (Lipinski definition) is 3. The van der Waals surface area contributed by atoms with Crippen molar-refractivity contribution >= 4 is 0 Å². The molecule has 0 spiro atoms. The highest BCUT2D eigenvalue weighted by atomic mass is 19.1. The predicted octanol–water partition coefficient (Wildman–Crippen LogP) is 2.31. The van der Waals surface area contributed by atoms with Crippen molar-refractivity contribution in [3.63, 3.8) is 0 Å². The maximum absolute atomic E-state index is 12.8. The summed E-state index contributed by atoms with van der Waals surface area (Å²) >= 11 is 0. The molecule has 0 fully saturated rings. The third-order valence-electron chi connectivity index (χ3n) is 2.37. The van der Waals surface area contributed by atoms with Gasteiger partial charge in [-0.3, -0.25) is 0 Å². The summed E-state index contributed by atoms with van der Waals surface area (Å²) in [7, 11) is 1.87. The fraction of sp³-hybridized carbons (Fsp3) is 0.231. The second kappa shape index (κ2) is 5.01. The molecule has 0 bridgehead atoms. The van der Waals surface area contributed by atoms with Crippen molar-refractivity contribution in [2.75, 3.05) is 7.05 Å². The van der Waals surface area contributed by atoms with Crippen LogP contribution in [0.15, 0.2) is 30.3 Å². The first-order valence-corrected chi connectivity index (χ1v) is 5.44. The zero-order valence-corrected chi connectivity index (χ0v) is 9.87. The smallest absolute Gasteiger partial charge is 0.159 e. The average molecular weight is 231 g/mol. The van der Waals surface area contributed by atoms with E-state index in [1.807, 2.05) is 20.0 Å². The molecule has 2 rings (SSSR count). The summed E-state index contributed by atoms with van der Waals surface area (Å²) in [5, 5.41) is 3.05. The van der Waals surface area contributed by atoms with Crippen LogP contribution in [0.5, 0.6) is 0 Å². The molecular formula is C13H14FN3. The summed E-state index contributed by atoms with van der Waals surface area (Å²) in [4.78, 5) is 8.78. The molecule has 3 nitrogen and oxygen atoms in total. The lowest BCUT2D eigenvalue weighted by Crippen LogP contribution is -2.08. The molecule has 1 aromatic carbocycles. The van der Waals surface area contributed by atoms with Crippen molar-refractivity contribution in [2.24, 2.45) is 0 Å². The van der Waals surface area contributed by atoms with Crippen LogP contribution in [-0.4, -0.2) is 17.0 Å². The van der Waals surface area contributed by atoms with Crippen molar-refractivity contribution in [1.82, 2.24) is 15.3 Å². The van der Waals surface area contributed by atoms with E-state index < -0.39 is 0 Å². The molecule has 17 heavy (non-hydrogen) atoms. The van der Waals surface area contributed by atoms with Crippen molar-refractivity contribution < 1.29 is 4.39 Å². The molecule has 4 heteroatoms. The molecule has 0 aliphatic heterocycles. The largest absolute Gasteiger partial charge is 0.314 e. The molecular weight excluding hydrogens is 217 g/mol. The highest BCUT2D eigenvalue weighted by Gasteiger charge is 2.04. The van der Waals surface area contributed by atoms with Crippen LogP contribution in [0.1, 0.15) is 11.4 Å². The van der Waals surface area contributed by atoms with Crippen molar-refractivity contribution in [3.05, 3.63) is 47.5 Å². The Morgan fingerprint density at radius 3 is 2.53 bits per heavy atom. The van der Waals surface area contributed by atoms with Gasteiger partial charge in [-0.2, -0.15) is 0 Å². The highest BCUT2D eigenvalue weighted by molar-refractivity contribution is 5.54. The average Bonchev–Trinajstić information content (AvgIpc) is 2.29. The molecule has 88 valence electrons. The van der Waals surface area contributed by atoms with Crippen LogP contribution in [0.25, 0.3) is 11.4 Å². The Balaban J connectivity index is 2.40. The minimum absolute atomic E-state index is 0.253. The summed E-state index contributed by atoms with van der Waals surface area (Å²) < 4.78 is 12.8. The molecule has 0 aliphatic carbocycles. The standard InChI is InChI=1S/C13H14FN3/c1-9-7-12(8-15-2)17-13(16-9)10-3-5-11(14)6-4-10/h3-7,15H,8H2,1-2H3. The zero-order chi connectivity index (χ0) is 12.3. The number of aryl methyl sites for hydroxylation is 1. The zero-order valence-electron chi connectivity index (χ0n) is 9.87. The van der Waals surface area contributed by atoms with Gasteiger partial charge in [0.25, 0.3) is 0 Å². The fourth-order valence-corrected chi connectivity index (χ4v) is 1.63. The van der Waals surface area contributed by atoms with Gasteiger partial charge in [0.2, 0.25) is 0 Å². The Hall–Kier alpha value is -1.81. The molecule has 0 amide bonds. The second-order valence-electron chi connectivity index (χ2n) is 3.86. The molecule has 2 aromatic rings. The van der Waals surface area contributed by atoms with Gasteiger partial charge in [0.05, 0.1) is 5.69 Å². The van der Waals surface area contributed by atoms with Crippen LogP contribution < -0.4 is 5.32 Å². The summed E-state index contributed by atoms with van der Waals surface area (Å²) in [5.74, 6) is 0.382. The Morgan fingerprint density at radius 1 is 1.18 bits per heavy atom. The lowest BCUT2D eigenvalue weighted by Gasteiger charge is -2.05. The number of nitrogens with zero attached hydrogens (tertiary/aromatic N) is 2. The van der Waals surface area contributed by atoms with Crippen LogP contribution in [-0.2, 0) is 6.54 Å². The van der Waals surface area contributed by atoms with E-state index in [0.29, 0.717) is 12.4 Å². The molecule has 0 saturated heterocycles. The predicted molar refractivity (Wildman–Crippen MR) is 64.9 cm³/mol. The molecule has 1 N–H and O–H groups in total. The molecule has 0 atom stereocenters. The monoisotopic (exact) mass is 231 g/mol. The molecule has 1 aromatic heterocycles. The second-order valence-corrected chi connectivity index (χ2v) is 3.86. The number of aromatic nitrogens is 2. The van der Waals surface area contributed by atoms with Crippen molar-refractivity contribution in [1.29, 1.82) is 0 Å². The van der Waals surface area contributed by atoms with E-state index >= 15 is 0 Å². The van der Waals surface area contributed by atoms with Gasteiger partial charge in [-0.25, -0.2) is 14.4 Å². The summed E-state index contributed by atoms with van der Waals surface area (Å²) in [6.45, 7) is 2.62. The van der Waals surface area contributed by atoms with Gasteiger partial charge in [-0.05, 0) is 44.3 Å². The number of halogens is 1. The first-order valence-electron chi connectivity index (χ1n) is 5.44. The Bertz CT molecular complexity index is 509.